The van der Waals surface area contributed by atoms with Crippen molar-refractivity contribution >= 4 is 35.2 Å². The van der Waals surface area contributed by atoms with Gasteiger partial charge in [-0.15, -0.1) is 16.9 Å². The summed E-state index contributed by atoms with van der Waals surface area (Å²) < 4.78 is 6.85. The van der Waals surface area contributed by atoms with Crippen molar-refractivity contribution in [3.63, 3.8) is 0 Å². The van der Waals surface area contributed by atoms with E-state index in [0.717, 1.165) is 5.57 Å². The average Bonchev–Trinajstić information content (AvgIpc) is 2.93. The molecule has 3 rings (SSSR count). The summed E-state index contributed by atoms with van der Waals surface area (Å²) in [7, 11) is 3.29. The molecule has 0 spiro atoms. The van der Waals surface area contributed by atoms with Crippen LogP contribution in [0, 0.1) is 5.41 Å². The van der Waals surface area contributed by atoms with E-state index >= 15 is 0 Å². The lowest BCUT2D eigenvalue weighted by molar-refractivity contribution is -0.160. The van der Waals surface area contributed by atoms with E-state index in [1.54, 1.807) is 28.4 Å². The molecule has 2 aliphatic heterocycles. The summed E-state index contributed by atoms with van der Waals surface area (Å²) in [5.74, 6) is -0.199. The van der Waals surface area contributed by atoms with Crippen LogP contribution in [0.2, 0.25) is 0 Å². The zero-order chi connectivity index (χ0) is 18.5. The number of β-lactam (4-membered cyclic amide) rings is 1. The van der Waals surface area contributed by atoms with Gasteiger partial charge in [0.25, 0.3) is 5.91 Å². The Morgan fingerprint density at radius 2 is 2.04 bits per heavy atom. The smallest absolute Gasteiger partial charge is 0.260 e. The van der Waals surface area contributed by atoms with Crippen LogP contribution in [0.15, 0.2) is 16.4 Å². The van der Waals surface area contributed by atoms with Crippen molar-refractivity contribution in [3.05, 3.63) is 11.3 Å². The zero-order valence-electron chi connectivity index (χ0n) is 15.0. The standard InChI is InChI=1S/C15H21N5O3S2/c1-7-8(10(21)15(2,3)4)20-11(22)9(23-6)12(20)24-13(7)25-14-16-17-18-19(14)5/h9,12-13H,1-6H3/t9-,12+,13?/m0/s1. The van der Waals surface area contributed by atoms with Gasteiger partial charge in [-0.25, -0.2) is 4.68 Å². The molecule has 1 fully saturated rings. The van der Waals surface area contributed by atoms with Gasteiger partial charge in [-0.1, -0.05) is 32.5 Å². The maximum atomic E-state index is 13.0. The van der Waals surface area contributed by atoms with Crippen LogP contribution in [0.25, 0.3) is 0 Å². The van der Waals surface area contributed by atoms with Crippen LogP contribution in [0.1, 0.15) is 27.7 Å². The number of carbonyl (C=O) groups excluding carboxylic acids is 2. The number of nitrogens with zero attached hydrogens (tertiary/aromatic N) is 5. The number of ketones is 1. The van der Waals surface area contributed by atoms with Crippen molar-refractivity contribution < 1.29 is 14.3 Å². The van der Waals surface area contributed by atoms with Crippen molar-refractivity contribution in [2.75, 3.05) is 7.11 Å². The minimum atomic E-state index is -0.580. The molecular formula is C15H21N5O3S2. The van der Waals surface area contributed by atoms with Crippen LogP contribution in [0.5, 0.6) is 0 Å². The fourth-order valence-electron chi connectivity index (χ4n) is 2.73. The van der Waals surface area contributed by atoms with E-state index in [1.807, 2.05) is 27.7 Å². The van der Waals surface area contributed by atoms with Crippen LogP contribution in [-0.4, -0.2) is 60.0 Å². The van der Waals surface area contributed by atoms with E-state index in [4.69, 9.17) is 4.74 Å². The highest BCUT2D eigenvalue weighted by Gasteiger charge is 2.56. The van der Waals surface area contributed by atoms with Crippen LogP contribution >= 0.6 is 23.5 Å². The minimum Gasteiger partial charge on any atom is -0.368 e. The number of Topliss-reactive ketones (excluding diaryl/α,β-unsaturated/α-hetero) is 1. The molecule has 1 unspecified atom stereocenters. The quantitative estimate of drug-likeness (QED) is 0.722. The van der Waals surface area contributed by atoms with Gasteiger partial charge in [-0.3, -0.25) is 14.5 Å². The molecule has 1 saturated heterocycles. The molecular weight excluding hydrogens is 362 g/mol. The van der Waals surface area contributed by atoms with Crippen molar-refractivity contribution in [1.82, 2.24) is 25.1 Å². The number of methoxy groups -OCH3 is 1. The predicted molar refractivity (Wildman–Crippen MR) is 94.6 cm³/mol. The first-order valence-electron chi connectivity index (χ1n) is 7.82. The van der Waals surface area contributed by atoms with Crippen LogP contribution in [0.3, 0.4) is 0 Å². The van der Waals surface area contributed by atoms with Gasteiger partial charge in [0.15, 0.2) is 11.9 Å². The Hall–Kier alpha value is -1.39. The normalized spacial score (nSPS) is 26.6. The van der Waals surface area contributed by atoms with E-state index < -0.39 is 11.5 Å². The lowest BCUT2D eigenvalue weighted by Crippen LogP contribution is -2.66. The molecule has 0 N–H and O–H groups in total. The van der Waals surface area contributed by atoms with E-state index in [-0.39, 0.29) is 21.6 Å². The van der Waals surface area contributed by atoms with Crippen molar-refractivity contribution in [2.45, 2.75) is 48.9 Å². The number of aromatic nitrogens is 4. The second kappa shape index (κ2) is 6.40. The van der Waals surface area contributed by atoms with Crippen LogP contribution in [-0.2, 0) is 21.4 Å². The highest BCUT2D eigenvalue weighted by Crippen LogP contribution is 2.50. The number of hydrogen-bond acceptors (Lipinski definition) is 8. The zero-order valence-corrected chi connectivity index (χ0v) is 16.6. The predicted octanol–water partition coefficient (Wildman–Crippen LogP) is 1.45. The Kier molecular flexibility index (Phi) is 4.71. The molecule has 8 nitrogen and oxygen atoms in total. The van der Waals surface area contributed by atoms with Crippen LogP contribution < -0.4 is 0 Å². The Morgan fingerprint density at radius 3 is 2.56 bits per heavy atom. The number of allylic oxidation sites excluding steroid dienone is 1. The number of rotatable bonds is 4. The number of hydrogen-bond donors (Lipinski definition) is 0. The number of aryl methyl sites for hydroxylation is 1. The highest BCUT2D eigenvalue weighted by molar-refractivity contribution is 8.17. The molecule has 0 aromatic carbocycles. The molecule has 0 bridgehead atoms. The third-order valence-corrected chi connectivity index (χ3v) is 7.25. The molecule has 1 amide bonds. The largest absolute Gasteiger partial charge is 0.368 e. The third-order valence-electron chi connectivity index (χ3n) is 4.17. The first kappa shape index (κ1) is 18.4. The first-order chi connectivity index (χ1) is 11.7. The van der Waals surface area contributed by atoms with Gasteiger partial charge in [0.1, 0.15) is 5.37 Å². The maximum Gasteiger partial charge on any atom is 0.260 e. The number of amides is 1. The molecule has 0 aliphatic carbocycles. The topological polar surface area (TPSA) is 90.2 Å². The van der Waals surface area contributed by atoms with Gasteiger partial charge in [0.2, 0.25) is 5.16 Å². The summed E-state index contributed by atoms with van der Waals surface area (Å²) in [6.45, 7) is 7.48. The fraction of sp³-hybridized carbons (Fsp3) is 0.667. The Balaban J connectivity index is 2.00. The molecule has 0 radical (unpaired) electrons. The van der Waals surface area contributed by atoms with Crippen LogP contribution in [0.4, 0.5) is 0 Å². The van der Waals surface area contributed by atoms with Crippen molar-refractivity contribution in [1.29, 1.82) is 0 Å². The number of tetrazole rings is 1. The Labute approximate surface area is 154 Å². The van der Waals surface area contributed by atoms with E-state index in [0.29, 0.717) is 10.9 Å². The molecule has 136 valence electrons. The first-order valence-corrected chi connectivity index (χ1v) is 9.65. The lowest BCUT2D eigenvalue weighted by Gasteiger charge is -2.51. The summed E-state index contributed by atoms with van der Waals surface area (Å²) in [6.07, 6.45) is -0.526. The van der Waals surface area contributed by atoms with Gasteiger partial charge in [-0.2, -0.15) is 0 Å². The fourth-order valence-corrected chi connectivity index (χ4v) is 5.58. The second-order valence-electron chi connectivity index (χ2n) is 7.04. The van der Waals surface area contributed by atoms with E-state index in [9.17, 15) is 9.59 Å². The Morgan fingerprint density at radius 1 is 1.36 bits per heavy atom. The number of fused-ring (bicyclic) bond motifs is 1. The molecule has 10 heteroatoms. The van der Waals surface area contributed by atoms with Gasteiger partial charge in [0.05, 0.1) is 10.3 Å². The summed E-state index contributed by atoms with van der Waals surface area (Å²) in [4.78, 5) is 27.1. The van der Waals surface area contributed by atoms with Gasteiger partial charge in [0, 0.05) is 19.6 Å². The van der Waals surface area contributed by atoms with Gasteiger partial charge in [-0.05, 0) is 22.9 Å². The molecule has 0 saturated carbocycles. The monoisotopic (exact) mass is 383 g/mol. The second-order valence-corrected chi connectivity index (χ2v) is 9.63. The highest BCUT2D eigenvalue weighted by atomic mass is 32.2. The average molecular weight is 383 g/mol. The summed E-state index contributed by atoms with van der Waals surface area (Å²) in [5, 5.41) is 12.0. The van der Waals surface area contributed by atoms with Gasteiger partial charge >= 0.3 is 0 Å². The number of carbonyl (C=O) groups is 2. The number of ether oxygens (including phenoxy) is 1. The molecule has 25 heavy (non-hydrogen) atoms. The number of thioether (sulfide) groups is 2. The summed E-state index contributed by atoms with van der Waals surface area (Å²) >= 11 is 3.07. The molecule has 2 aliphatic rings. The van der Waals surface area contributed by atoms with Crippen molar-refractivity contribution in [3.8, 4) is 0 Å². The van der Waals surface area contributed by atoms with Crippen molar-refractivity contribution in [2.24, 2.45) is 12.5 Å². The molecule has 3 heterocycles. The minimum absolute atomic E-state index is 0.0418. The van der Waals surface area contributed by atoms with Gasteiger partial charge < -0.3 is 4.74 Å². The molecule has 1 aromatic rings. The SMILES string of the molecule is CO[C@H]1C(=O)N2C(C(=O)C(C)(C)C)=C(C)C(Sc3nnnn3C)S[C@H]12. The molecule has 1 aromatic heterocycles. The Bertz CT molecular complexity index is 755. The third kappa shape index (κ3) is 3.00. The summed E-state index contributed by atoms with van der Waals surface area (Å²) in [5.41, 5.74) is 0.766. The summed E-state index contributed by atoms with van der Waals surface area (Å²) in [6, 6.07) is 0. The maximum absolute atomic E-state index is 13.0. The van der Waals surface area contributed by atoms with E-state index in [2.05, 4.69) is 15.5 Å². The molecule has 3 atom stereocenters. The lowest BCUT2D eigenvalue weighted by atomic mass is 9.86. The van der Waals surface area contributed by atoms with E-state index in [1.165, 1.54) is 18.9 Å².